The molecule has 2 aromatic heterocycles. The van der Waals surface area contributed by atoms with E-state index in [1.54, 1.807) is 0 Å². The minimum absolute atomic E-state index is 0.738. The summed E-state index contributed by atoms with van der Waals surface area (Å²) >= 11 is 7.34. The molecule has 0 spiro atoms. The number of nitrogens with zero attached hydrogens (tertiary/aromatic N) is 3. The summed E-state index contributed by atoms with van der Waals surface area (Å²) in [5.41, 5.74) is 0.997. The Bertz CT molecular complexity index is 448. The van der Waals surface area contributed by atoms with Gasteiger partial charge in [0, 0.05) is 25.0 Å². The van der Waals surface area contributed by atoms with E-state index in [2.05, 4.69) is 15.5 Å². The third-order valence-electron chi connectivity index (χ3n) is 1.92. The molecule has 2 rings (SSSR count). The Morgan fingerprint density at radius 3 is 2.79 bits per heavy atom. The van der Waals surface area contributed by atoms with Crippen LogP contribution < -0.4 is 5.32 Å². The zero-order valence-corrected chi connectivity index (χ0v) is 9.35. The van der Waals surface area contributed by atoms with Crippen molar-refractivity contribution in [1.82, 2.24) is 14.8 Å². The molecule has 1 N–H and O–H groups in total. The average molecular weight is 229 g/mol. The normalized spacial score (nSPS) is 10.5. The molecule has 0 fully saturated rings. The first-order valence-electron chi connectivity index (χ1n) is 4.04. The van der Waals surface area contributed by atoms with Gasteiger partial charge in [0.2, 0.25) is 5.95 Å². The summed E-state index contributed by atoms with van der Waals surface area (Å²) in [5.74, 6) is 1.56. The van der Waals surface area contributed by atoms with Crippen LogP contribution in [0.4, 0.5) is 5.95 Å². The SMILES string of the molecule is CNc1nnc(-c2csc(Cl)c2)n1C. The summed E-state index contributed by atoms with van der Waals surface area (Å²) in [4.78, 5) is 0. The predicted octanol–water partition coefficient (Wildman–Crippen LogP) is 2.24. The molecule has 74 valence electrons. The fourth-order valence-corrected chi connectivity index (χ4v) is 2.08. The lowest BCUT2D eigenvalue weighted by atomic mass is 10.3. The van der Waals surface area contributed by atoms with Gasteiger partial charge in [-0.3, -0.25) is 4.57 Å². The van der Waals surface area contributed by atoms with Gasteiger partial charge in [-0.1, -0.05) is 11.6 Å². The lowest BCUT2D eigenvalue weighted by molar-refractivity contribution is 0.926. The Morgan fingerprint density at radius 2 is 2.29 bits per heavy atom. The molecule has 14 heavy (non-hydrogen) atoms. The van der Waals surface area contributed by atoms with Gasteiger partial charge in [0.1, 0.15) is 0 Å². The minimum Gasteiger partial charge on any atom is -0.357 e. The minimum atomic E-state index is 0.738. The molecule has 0 aliphatic heterocycles. The Morgan fingerprint density at radius 1 is 1.50 bits per heavy atom. The summed E-state index contributed by atoms with van der Waals surface area (Å²) in [6.07, 6.45) is 0. The van der Waals surface area contributed by atoms with Crippen LogP contribution in [0.25, 0.3) is 11.4 Å². The van der Waals surface area contributed by atoms with Crippen LogP contribution >= 0.6 is 22.9 Å². The van der Waals surface area contributed by atoms with Crippen LogP contribution in [0.2, 0.25) is 4.34 Å². The van der Waals surface area contributed by atoms with Crippen LogP contribution in [0, 0.1) is 0 Å². The van der Waals surface area contributed by atoms with E-state index >= 15 is 0 Å². The van der Waals surface area contributed by atoms with Gasteiger partial charge in [0.15, 0.2) is 5.82 Å². The largest absolute Gasteiger partial charge is 0.357 e. The molecule has 0 saturated heterocycles. The second kappa shape index (κ2) is 3.59. The topological polar surface area (TPSA) is 42.7 Å². The number of aromatic nitrogens is 3. The fraction of sp³-hybridized carbons (Fsp3) is 0.250. The first-order chi connectivity index (χ1) is 6.72. The zero-order chi connectivity index (χ0) is 10.1. The molecule has 2 heterocycles. The van der Waals surface area contributed by atoms with E-state index in [1.165, 1.54) is 11.3 Å². The molecule has 0 saturated carbocycles. The van der Waals surface area contributed by atoms with E-state index < -0.39 is 0 Å². The molecule has 0 bridgehead atoms. The van der Waals surface area contributed by atoms with Crippen molar-refractivity contribution in [3.63, 3.8) is 0 Å². The first kappa shape index (κ1) is 9.48. The van der Waals surface area contributed by atoms with Crippen molar-refractivity contribution >= 4 is 28.9 Å². The molecular weight excluding hydrogens is 220 g/mol. The summed E-state index contributed by atoms with van der Waals surface area (Å²) in [6, 6.07) is 1.88. The van der Waals surface area contributed by atoms with Crippen LogP contribution in [0.3, 0.4) is 0 Å². The van der Waals surface area contributed by atoms with Gasteiger partial charge in [-0.2, -0.15) is 0 Å². The number of hydrogen-bond donors (Lipinski definition) is 1. The Kier molecular flexibility index (Phi) is 2.43. The number of hydrogen-bond acceptors (Lipinski definition) is 4. The highest BCUT2D eigenvalue weighted by atomic mass is 35.5. The molecule has 2 aromatic rings. The maximum Gasteiger partial charge on any atom is 0.224 e. The van der Waals surface area contributed by atoms with Crippen molar-refractivity contribution in [2.24, 2.45) is 7.05 Å². The monoisotopic (exact) mass is 228 g/mol. The third-order valence-corrected chi connectivity index (χ3v) is 3.02. The number of nitrogens with one attached hydrogen (secondary N) is 1. The van der Waals surface area contributed by atoms with Crippen LogP contribution in [0.15, 0.2) is 11.4 Å². The Hall–Kier alpha value is -1.07. The molecule has 0 aromatic carbocycles. The molecular formula is C8H9ClN4S. The maximum absolute atomic E-state index is 5.85. The van der Waals surface area contributed by atoms with Crippen molar-refractivity contribution < 1.29 is 0 Å². The smallest absolute Gasteiger partial charge is 0.224 e. The van der Waals surface area contributed by atoms with E-state index in [4.69, 9.17) is 11.6 Å². The molecule has 0 aliphatic carbocycles. The van der Waals surface area contributed by atoms with Crippen molar-refractivity contribution in [2.45, 2.75) is 0 Å². The standard InChI is InChI=1S/C8H9ClN4S/c1-10-8-12-11-7(13(8)2)5-3-6(9)14-4-5/h3-4H,1-2H3,(H,10,12). The number of anilines is 1. The lowest BCUT2D eigenvalue weighted by Crippen LogP contribution is -1.99. The highest BCUT2D eigenvalue weighted by molar-refractivity contribution is 7.14. The van der Waals surface area contributed by atoms with Crippen LogP contribution in [-0.4, -0.2) is 21.8 Å². The molecule has 0 aliphatic rings. The van der Waals surface area contributed by atoms with Gasteiger partial charge in [-0.25, -0.2) is 0 Å². The van der Waals surface area contributed by atoms with E-state index in [0.29, 0.717) is 0 Å². The van der Waals surface area contributed by atoms with Crippen LogP contribution in [0.1, 0.15) is 0 Å². The van der Waals surface area contributed by atoms with E-state index in [-0.39, 0.29) is 0 Å². The molecule has 6 heteroatoms. The number of halogens is 1. The molecule has 0 atom stereocenters. The summed E-state index contributed by atoms with van der Waals surface area (Å²) < 4.78 is 2.65. The highest BCUT2D eigenvalue weighted by Gasteiger charge is 2.10. The summed E-state index contributed by atoms with van der Waals surface area (Å²) in [6.45, 7) is 0. The molecule has 0 amide bonds. The summed E-state index contributed by atoms with van der Waals surface area (Å²) in [5, 5.41) is 13.0. The highest BCUT2D eigenvalue weighted by Crippen LogP contribution is 2.27. The first-order valence-corrected chi connectivity index (χ1v) is 5.29. The second-order valence-corrected chi connectivity index (χ2v) is 4.34. The van der Waals surface area contributed by atoms with E-state index in [9.17, 15) is 0 Å². The van der Waals surface area contributed by atoms with Gasteiger partial charge < -0.3 is 5.32 Å². The van der Waals surface area contributed by atoms with E-state index in [1.807, 2.05) is 30.1 Å². The zero-order valence-electron chi connectivity index (χ0n) is 7.78. The van der Waals surface area contributed by atoms with Crippen molar-refractivity contribution in [1.29, 1.82) is 0 Å². The van der Waals surface area contributed by atoms with Gasteiger partial charge in [-0.15, -0.1) is 21.5 Å². The van der Waals surface area contributed by atoms with Crippen molar-refractivity contribution in [2.75, 3.05) is 12.4 Å². The quantitative estimate of drug-likeness (QED) is 0.857. The molecule has 4 nitrogen and oxygen atoms in total. The fourth-order valence-electron chi connectivity index (χ4n) is 1.23. The lowest BCUT2D eigenvalue weighted by Gasteiger charge is -2.00. The van der Waals surface area contributed by atoms with Gasteiger partial charge in [0.25, 0.3) is 0 Å². The maximum atomic E-state index is 5.85. The Labute approximate surface area is 90.5 Å². The Balaban J connectivity index is 2.46. The summed E-state index contributed by atoms with van der Waals surface area (Å²) in [7, 11) is 3.72. The third kappa shape index (κ3) is 1.49. The average Bonchev–Trinajstić information content (AvgIpc) is 2.72. The number of thiophene rings is 1. The predicted molar refractivity (Wildman–Crippen MR) is 58.9 cm³/mol. The van der Waals surface area contributed by atoms with Crippen molar-refractivity contribution in [3.8, 4) is 11.4 Å². The molecule has 0 radical (unpaired) electrons. The van der Waals surface area contributed by atoms with Crippen LogP contribution in [0.5, 0.6) is 0 Å². The van der Waals surface area contributed by atoms with Gasteiger partial charge in [0.05, 0.1) is 4.34 Å². The van der Waals surface area contributed by atoms with E-state index in [0.717, 1.165) is 21.7 Å². The van der Waals surface area contributed by atoms with Crippen LogP contribution in [-0.2, 0) is 7.05 Å². The molecule has 0 unspecified atom stereocenters. The second-order valence-electron chi connectivity index (χ2n) is 2.80. The van der Waals surface area contributed by atoms with Gasteiger partial charge in [-0.05, 0) is 6.07 Å². The number of rotatable bonds is 2. The van der Waals surface area contributed by atoms with Gasteiger partial charge >= 0.3 is 0 Å². The van der Waals surface area contributed by atoms with Crippen molar-refractivity contribution in [3.05, 3.63) is 15.8 Å².